The van der Waals surface area contributed by atoms with Gasteiger partial charge >= 0.3 is 0 Å². The molecule has 4 rings (SSSR count). The Balaban J connectivity index is 1.43. The molecule has 1 aromatic carbocycles. The second-order valence-corrected chi connectivity index (χ2v) is 6.74. The van der Waals surface area contributed by atoms with Crippen molar-refractivity contribution in [3.05, 3.63) is 60.7 Å². The average Bonchev–Trinajstić information content (AvgIpc) is 3.38. The molecule has 7 heteroatoms. The lowest BCUT2D eigenvalue weighted by atomic mass is 10.1. The summed E-state index contributed by atoms with van der Waals surface area (Å²) in [5, 5.41) is 24.3. The maximum Gasteiger partial charge on any atom is 0.270 e. The van der Waals surface area contributed by atoms with Gasteiger partial charge in [-0.15, -0.1) is 0 Å². The van der Waals surface area contributed by atoms with Crippen LogP contribution in [0.5, 0.6) is 0 Å². The molecule has 2 aromatic heterocycles. The van der Waals surface area contributed by atoms with Crippen LogP contribution in [0.1, 0.15) is 23.3 Å². The normalized spacial score (nSPS) is 22.4. The van der Waals surface area contributed by atoms with Crippen molar-refractivity contribution >= 4 is 5.91 Å². The highest BCUT2D eigenvalue weighted by Crippen LogP contribution is 2.28. The van der Waals surface area contributed by atoms with Crippen molar-refractivity contribution in [2.45, 2.75) is 31.5 Å². The minimum Gasteiger partial charge on any atom is -0.391 e. The number of amides is 1. The van der Waals surface area contributed by atoms with Crippen LogP contribution in [0.3, 0.4) is 0 Å². The third-order valence-corrected chi connectivity index (χ3v) is 4.90. The van der Waals surface area contributed by atoms with Crippen LogP contribution in [0.2, 0.25) is 0 Å². The Morgan fingerprint density at radius 3 is 2.88 bits per heavy atom. The zero-order chi connectivity index (χ0) is 17.9. The minimum absolute atomic E-state index is 0.245. The van der Waals surface area contributed by atoms with E-state index in [1.54, 1.807) is 12.4 Å². The molecule has 3 atom stereocenters. The number of aliphatic hydroxyl groups excluding tert-OH is 1. The SMILES string of the molecule is O=C(N[C@@H]1CC(Cn2cccn2)C[C@H]1O)c1[nH]ncc1-c1ccccc1. The molecule has 1 amide bonds. The molecule has 1 saturated carbocycles. The van der Waals surface area contributed by atoms with Crippen LogP contribution in [0.4, 0.5) is 0 Å². The van der Waals surface area contributed by atoms with Crippen LogP contribution in [0.15, 0.2) is 55.0 Å². The first-order valence-electron chi connectivity index (χ1n) is 8.76. The zero-order valence-electron chi connectivity index (χ0n) is 14.2. The smallest absolute Gasteiger partial charge is 0.270 e. The number of aliphatic hydroxyl groups is 1. The van der Waals surface area contributed by atoms with Gasteiger partial charge in [-0.2, -0.15) is 10.2 Å². The van der Waals surface area contributed by atoms with Crippen LogP contribution in [0, 0.1) is 5.92 Å². The highest BCUT2D eigenvalue weighted by molar-refractivity contribution is 5.99. The van der Waals surface area contributed by atoms with E-state index in [1.807, 2.05) is 47.3 Å². The van der Waals surface area contributed by atoms with Crippen LogP contribution in [-0.2, 0) is 6.54 Å². The number of H-pyrrole nitrogens is 1. The molecule has 134 valence electrons. The van der Waals surface area contributed by atoms with Gasteiger partial charge in [0.1, 0.15) is 5.69 Å². The van der Waals surface area contributed by atoms with Crippen molar-refractivity contribution in [1.82, 2.24) is 25.3 Å². The quantitative estimate of drug-likeness (QED) is 0.653. The van der Waals surface area contributed by atoms with Gasteiger partial charge in [0.15, 0.2) is 0 Å². The molecule has 7 nitrogen and oxygen atoms in total. The standard InChI is InChI=1S/C19H21N5O2/c25-17-10-13(12-24-8-4-7-21-24)9-16(17)22-19(26)18-15(11-20-23-18)14-5-2-1-3-6-14/h1-8,11,13,16-17,25H,9-10,12H2,(H,20,23)(H,22,26)/t13?,16-,17-/m1/s1. The third kappa shape index (κ3) is 3.39. The summed E-state index contributed by atoms with van der Waals surface area (Å²) in [6.45, 7) is 0.746. The van der Waals surface area contributed by atoms with Gasteiger partial charge in [-0.25, -0.2) is 0 Å². The highest BCUT2D eigenvalue weighted by Gasteiger charge is 2.34. The van der Waals surface area contributed by atoms with E-state index in [9.17, 15) is 9.90 Å². The number of carbonyl (C=O) groups excluding carboxylic acids is 1. The van der Waals surface area contributed by atoms with E-state index in [0.717, 1.165) is 24.1 Å². The summed E-state index contributed by atoms with van der Waals surface area (Å²) in [5.74, 6) is 0.0377. The summed E-state index contributed by atoms with van der Waals surface area (Å²) in [5.41, 5.74) is 2.09. The number of nitrogens with one attached hydrogen (secondary N) is 2. The molecule has 1 fully saturated rings. The van der Waals surface area contributed by atoms with E-state index in [0.29, 0.717) is 12.1 Å². The first-order chi connectivity index (χ1) is 12.7. The molecule has 0 bridgehead atoms. The Bertz CT molecular complexity index is 859. The van der Waals surface area contributed by atoms with Gasteiger partial charge in [0.2, 0.25) is 0 Å². The van der Waals surface area contributed by atoms with Gasteiger partial charge in [0, 0.05) is 24.5 Å². The molecule has 26 heavy (non-hydrogen) atoms. The van der Waals surface area contributed by atoms with Crippen molar-refractivity contribution in [1.29, 1.82) is 0 Å². The highest BCUT2D eigenvalue weighted by atomic mass is 16.3. The Morgan fingerprint density at radius 2 is 2.12 bits per heavy atom. The van der Waals surface area contributed by atoms with E-state index in [-0.39, 0.29) is 17.9 Å². The van der Waals surface area contributed by atoms with Gasteiger partial charge in [-0.05, 0) is 30.4 Å². The van der Waals surface area contributed by atoms with Gasteiger partial charge < -0.3 is 10.4 Å². The van der Waals surface area contributed by atoms with E-state index in [4.69, 9.17) is 0 Å². The monoisotopic (exact) mass is 351 g/mol. The molecule has 0 radical (unpaired) electrons. The number of aromatic amines is 1. The Kier molecular flexibility index (Phi) is 4.53. The number of nitrogens with zero attached hydrogens (tertiary/aromatic N) is 3. The Labute approximate surface area is 151 Å². The van der Waals surface area contributed by atoms with E-state index >= 15 is 0 Å². The number of hydrogen-bond donors (Lipinski definition) is 3. The van der Waals surface area contributed by atoms with Gasteiger partial charge in [0.25, 0.3) is 5.91 Å². The summed E-state index contributed by atoms with van der Waals surface area (Å²) < 4.78 is 1.87. The predicted molar refractivity (Wildman–Crippen MR) is 96.2 cm³/mol. The molecule has 0 saturated heterocycles. The molecular formula is C19H21N5O2. The molecule has 1 aliphatic carbocycles. The molecule has 3 N–H and O–H groups in total. The van der Waals surface area contributed by atoms with Crippen molar-refractivity contribution in [3.63, 3.8) is 0 Å². The molecule has 2 heterocycles. The fraction of sp³-hybridized carbons (Fsp3) is 0.316. The zero-order valence-corrected chi connectivity index (χ0v) is 14.2. The topological polar surface area (TPSA) is 95.8 Å². The van der Waals surface area contributed by atoms with Gasteiger partial charge in [-0.1, -0.05) is 30.3 Å². The van der Waals surface area contributed by atoms with Crippen LogP contribution >= 0.6 is 0 Å². The molecule has 3 aromatic rings. The second-order valence-electron chi connectivity index (χ2n) is 6.74. The molecule has 1 aliphatic rings. The molecule has 1 unspecified atom stereocenters. The summed E-state index contributed by atoms with van der Waals surface area (Å²) in [4.78, 5) is 12.7. The van der Waals surface area contributed by atoms with Crippen LogP contribution in [0.25, 0.3) is 11.1 Å². The average molecular weight is 351 g/mol. The number of rotatable bonds is 5. The lowest BCUT2D eigenvalue weighted by Crippen LogP contribution is -2.40. The van der Waals surface area contributed by atoms with E-state index in [2.05, 4.69) is 20.6 Å². The first kappa shape index (κ1) is 16.5. The Hall–Kier alpha value is -2.93. The molecule has 0 aliphatic heterocycles. The predicted octanol–water partition coefficient (Wildman–Crippen LogP) is 1.84. The number of carbonyl (C=O) groups is 1. The first-order valence-corrected chi connectivity index (χ1v) is 8.76. The Morgan fingerprint density at radius 1 is 1.27 bits per heavy atom. The molecule has 0 spiro atoms. The van der Waals surface area contributed by atoms with Crippen LogP contribution < -0.4 is 5.32 Å². The summed E-state index contributed by atoms with van der Waals surface area (Å²) in [7, 11) is 0. The maximum absolute atomic E-state index is 12.7. The largest absolute Gasteiger partial charge is 0.391 e. The maximum atomic E-state index is 12.7. The number of aromatic nitrogens is 4. The number of benzene rings is 1. The van der Waals surface area contributed by atoms with Crippen molar-refractivity contribution in [2.24, 2.45) is 5.92 Å². The third-order valence-electron chi connectivity index (χ3n) is 4.90. The van der Waals surface area contributed by atoms with Gasteiger partial charge in [0.05, 0.1) is 18.3 Å². The van der Waals surface area contributed by atoms with E-state index in [1.165, 1.54) is 0 Å². The summed E-state index contributed by atoms with van der Waals surface area (Å²) in [6.07, 6.45) is 6.13. The van der Waals surface area contributed by atoms with Crippen molar-refractivity contribution in [3.8, 4) is 11.1 Å². The summed E-state index contributed by atoms with van der Waals surface area (Å²) in [6, 6.07) is 11.3. The fourth-order valence-electron chi connectivity index (χ4n) is 3.63. The van der Waals surface area contributed by atoms with E-state index < -0.39 is 6.10 Å². The lowest BCUT2D eigenvalue weighted by Gasteiger charge is -2.16. The minimum atomic E-state index is -0.553. The fourth-order valence-corrected chi connectivity index (χ4v) is 3.63. The number of hydrogen-bond acceptors (Lipinski definition) is 4. The van der Waals surface area contributed by atoms with Crippen molar-refractivity contribution < 1.29 is 9.90 Å². The summed E-state index contributed by atoms with van der Waals surface area (Å²) >= 11 is 0. The lowest BCUT2D eigenvalue weighted by molar-refractivity contribution is 0.0868. The van der Waals surface area contributed by atoms with Crippen LogP contribution in [-0.4, -0.2) is 43.1 Å². The van der Waals surface area contributed by atoms with Crippen molar-refractivity contribution in [2.75, 3.05) is 0 Å². The second kappa shape index (κ2) is 7.13. The van der Waals surface area contributed by atoms with Gasteiger partial charge in [-0.3, -0.25) is 14.6 Å². The molecular weight excluding hydrogens is 330 g/mol.